The van der Waals surface area contributed by atoms with Crippen molar-refractivity contribution in [3.8, 4) is 5.75 Å². The zero-order valence-electron chi connectivity index (χ0n) is 22.6. The van der Waals surface area contributed by atoms with Crippen LogP contribution in [0.1, 0.15) is 44.7 Å². The van der Waals surface area contributed by atoms with E-state index in [1.54, 1.807) is 13.0 Å². The summed E-state index contributed by atoms with van der Waals surface area (Å²) < 4.78 is 11.5. The van der Waals surface area contributed by atoms with Crippen molar-refractivity contribution >= 4 is 66.6 Å². The Hall–Kier alpha value is -2.94. The van der Waals surface area contributed by atoms with E-state index in [1.165, 1.54) is 0 Å². The van der Waals surface area contributed by atoms with Crippen LogP contribution in [0, 0.1) is 10.8 Å². The van der Waals surface area contributed by atoms with Crippen molar-refractivity contribution in [2.24, 2.45) is 5.73 Å². The molecular weight excluding hydrogens is 561 g/mol. The molecule has 1 aliphatic rings. The quantitative estimate of drug-likeness (QED) is 0.187. The van der Waals surface area contributed by atoms with Gasteiger partial charge in [-0.2, -0.15) is 0 Å². The zero-order valence-corrected chi connectivity index (χ0v) is 25.0. The van der Waals surface area contributed by atoms with Gasteiger partial charge >= 0.3 is 5.97 Å². The van der Waals surface area contributed by atoms with E-state index in [1.807, 2.05) is 73.4 Å². The van der Waals surface area contributed by atoms with Crippen molar-refractivity contribution < 1.29 is 14.3 Å². The highest BCUT2D eigenvalue weighted by Crippen LogP contribution is 2.25. The highest BCUT2D eigenvalue weighted by atomic mass is 35.5. The van der Waals surface area contributed by atoms with E-state index in [-0.39, 0.29) is 55.1 Å². The molecular formula is C28H40Cl3N5O3. The van der Waals surface area contributed by atoms with Crippen LogP contribution in [0.3, 0.4) is 0 Å². The number of hydrogen-bond acceptors (Lipinski definition) is 6. The molecule has 0 aromatic heterocycles. The van der Waals surface area contributed by atoms with Gasteiger partial charge in [0.25, 0.3) is 0 Å². The number of esters is 1. The highest BCUT2D eigenvalue weighted by molar-refractivity contribution is 5.95. The number of rotatable bonds is 10. The van der Waals surface area contributed by atoms with Gasteiger partial charge in [0.05, 0.1) is 12.4 Å². The highest BCUT2D eigenvalue weighted by Gasteiger charge is 2.23. The van der Waals surface area contributed by atoms with Crippen molar-refractivity contribution in [1.29, 1.82) is 10.8 Å². The Morgan fingerprint density at radius 3 is 2.33 bits per heavy atom. The predicted molar refractivity (Wildman–Crippen MR) is 167 cm³/mol. The molecule has 1 unspecified atom stereocenters. The second-order valence-corrected chi connectivity index (χ2v) is 8.91. The van der Waals surface area contributed by atoms with E-state index in [0.29, 0.717) is 24.6 Å². The monoisotopic (exact) mass is 599 g/mol. The van der Waals surface area contributed by atoms with Crippen LogP contribution in [0.2, 0.25) is 0 Å². The van der Waals surface area contributed by atoms with Gasteiger partial charge < -0.3 is 25.0 Å². The fourth-order valence-corrected chi connectivity index (χ4v) is 4.21. The van der Waals surface area contributed by atoms with Crippen molar-refractivity contribution in [3.63, 3.8) is 0 Å². The summed E-state index contributed by atoms with van der Waals surface area (Å²) >= 11 is 0. The van der Waals surface area contributed by atoms with Gasteiger partial charge in [0.2, 0.25) is 0 Å². The van der Waals surface area contributed by atoms with Crippen LogP contribution in [0.4, 0.5) is 5.69 Å². The summed E-state index contributed by atoms with van der Waals surface area (Å²) in [5.74, 6) is 1.15. The number of benzene rings is 2. The number of likely N-dealkylation sites (tertiary alicyclic amines) is 1. The molecule has 39 heavy (non-hydrogen) atoms. The van der Waals surface area contributed by atoms with Gasteiger partial charge in [-0.1, -0.05) is 30.4 Å². The number of ether oxygens (including phenoxy) is 2. The molecule has 3 rings (SSSR count). The Morgan fingerprint density at radius 2 is 1.77 bits per heavy atom. The number of nitrogens with two attached hydrogens (primary N) is 1. The third-order valence-corrected chi connectivity index (χ3v) is 6.29. The summed E-state index contributed by atoms with van der Waals surface area (Å²) in [7, 11) is 0. The number of amidine groups is 2. The van der Waals surface area contributed by atoms with Crippen LogP contribution in [0.5, 0.6) is 5.75 Å². The van der Waals surface area contributed by atoms with Gasteiger partial charge in [-0.05, 0) is 56.7 Å². The van der Waals surface area contributed by atoms with Crippen molar-refractivity contribution in [2.75, 3.05) is 31.1 Å². The van der Waals surface area contributed by atoms with Crippen LogP contribution in [-0.4, -0.2) is 60.9 Å². The Morgan fingerprint density at radius 1 is 1.13 bits per heavy atom. The molecule has 0 amide bonds. The Bertz CT molecular complexity index is 1090. The smallest absolute Gasteiger partial charge is 0.328 e. The van der Waals surface area contributed by atoms with E-state index in [4.69, 9.17) is 26.0 Å². The van der Waals surface area contributed by atoms with Crippen molar-refractivity contribution in [1.82, 2.24) is 4.90 Å². The lowest BCUT2D eigenvalue weighted by molar-refractivity contribution is -0.144. The lowest BCUT2D eigenvalue weighted by Crippen LogP contribution is -2.40. The minimum absolute atomic E-state index is 0. The summed E-state index contributed by atoms with van der Waals surface area (Å²) in [5.41, 5.74) is 8.09. The first-order valence-corrected chi connectivity index (χ1v) is 12.4. The molecule has 8 nitrogen and oxygen atoms in total. The number of carbonyl (C=O) groups is 1. The van der Waals surface area contributed by atoms with Crippen molar-refractivity contribution in [2.45, 2.75) is 45.8 Å². The topological polar surface area (TPSA) is 116 Å². The maximum absolute atomic E-state index is 12.5. The summed E-state index contributed by atoms with van der Waals surface area (Å²) in [5, 5.41) is 15.4. The van der Waals surface area contributed by atoms with Crippen LogP contribution >= 0.6 is 37.2 Å². The average Bonchev–Trinajstić information content (AvgIpc) is 2.87. The van der Waals surface area contributed by atoms with E-state index >= 15 is 0 Å². The molecule has 0 radical (unpaired) electrons. The minimum Gasteiger partial charge on any atom is -0.490 e. The van der Waals surface area contributed by atoms with E-state index in [0.717, 1.165) is 42.9 Å². The summed E-state index contributed by atoms with van der Waals surface area (Å²) in [6.07, 6.45) is 5.85. The largest absolute Gasteiger partial charge is 0.490 e. The lowest BCUT2D eigenvalue weighted by atomic mass is 10.1. The van der Waals surface area contributed by atoms with Crippen LogP contribution < -0.4 is 15.4 Å². The summed E-state index contributed by atoms with van der Waals surface area (Å²) in [6.45, 7) is 7.96. The second kappa shape index (κ2) is 17.6. The molecule has 0 aliphatic carbocycles. The normalized spacial score (nSPS) is 13.8. The van der Waals surface area contributed by atoms with Crippen molar-refractivity contribution in [3.05, 3.63) is 65.7 Å². The SMILES string of the molecule is CCOC(=O)C(C)N(C/C=C/c1cccc(C(=N)N)c1)c1ccc(OC2CCN(C(C)=N)CC2)cc1.Cl.Cl.Cl. The molecule has 0 bridgehead atoms. The van der Waals surface area contributed by atoms with Gasteiger partial charge in [0, 0.05) is 43.7 Å². The maximum atomic E-state index is 12.5. The first-order valence-electron chi connectivity index (χ1n) is 12.4. The molecule has 11 heteroatoms. The Labute approximate surface area is 250 Å². The predicted octanol–water partition coefficient (Wildman–Crippen LogP) is 5.55. The minimum atomic E-state index is -0.474. The first-order chi connectivity index (χ1) is 17.3. The standard InChI is InChI=1S/C28H37N5O3.3ClH/c1-4-35-28(34)20(2)33(16-6-8-22-7-5-9-23(19-22)27(30)31)24-10-12-25(13-11-24)36-26-14-17-32(18-15-26)21(3)29;;;/h5-13,19-20,26,29H,4,14-18H2,1-3H3,(H3,30,31);3*1H/b8-6+,29-21?;;;. The molecule has 1 aliphatic heterocycles. The maximum Gasteiger partial charge on any atom is 0.328 e. The molecule has 0 saturated carbocycles. The average molecular weight is 601 g/mol. The summed E-state index contributed by atoms with van der Waals surface area (Å²) in [4.78, 5) is 16.6. The molecule has 4 N–H and O–H groups in total. The number of nitrogens with zero attached hydrogens (tertiary/aromatic N) is 2. The fraction of sp³-hybridized carbons (Fsp3) is 0.393. The number of nitrogen functional groups attached to an aromatic ring is 1. The van der Waals surface area contributed by atoms with Gasteiger partial charge in [-0.3, -0.25) is 10.8 Å². The fourth-order valence-electron chi connectivity index (χ4n) is 4.21. The van der Waals surface area contributed by atoms with Crippen LogP contribution in [-0.2, 0) is 9.53 Å². The second-order valence-electron chi connectivity index (χ2n) is 8.91. The third kappa shape index (κ3) is 10.6. The number of anilines is 1. The number of halogens is 3. The molecule has 2 aromatic carbocycles. The molecule has 1 atom stereocenters. The number of piperidine rings is 1. The molecule has 1 heterocycles. The van der Waals surface area contributed by atoms with Crippen LogP contribution in [0.25, 0.3) is 6.08 Å². The van der Waals surface area contributed by atoms with Gasteiger partial charge in [0.1, 0.15) is 23.7 Å². The molecule has 0 spiro atoms. The molecule has 1 fully saturated rings. The van der Waals surface area contributed by atoms with Gasteiger partial charge in [-0.15, -0.1) is 37.2 Å². The number of nitrogens with one attached hydrogen (secondary N) is 2. The molecule has 1 saturated heterocycles. The Kier molecular flexibility index (Phi) is 16.3. The first kappa shape index (κ1) is 36.1. The lowest BCUT2D eigenvalue weighted by Gasteiger charge is -2.33. The number of hydrogen-bond donors (Lipinski definition) is 3. The molecule has 216 valence electrons. The van der Waals surface area contributed by atoms with E-state index in [2.05, 4.69) is 4.90 Å². The van der Waals surface area contributed by atoms with E-state index in [9.17, 15) is 4.79 Å². The number of carbonyl (C=O) groups excluding carboxylic acids is 1. The summed E-state index contributed by atoms with van der Waals surface area (Å²) in [6, 6.07) is 14.8. The third-order valence-electron chi connectivity index (χ3n) is 6.29. The molecule has 2 aromatic rings. The van der Waals surface area contributed by atoms with Crippen LogP contribution in [0.15, 0.2) is 54.6 Å². The van der Waals surface area contributed by atoms with E-state index < -0.39 is 6.04 Å². The van der Waals surface area contributed by atoms with Gasteiger partial charge in [0.15, 0.2) is 0 Å². The van der Waals surface area contributed by atoms with Gasteiger partial charge in [-0.25, -0.2) is 4.79 Å². The zero-order chi connectivity index (χ0) is 26.1. The Balaban J connectivity index is 0.00000481.